The monoisotopic (exact) mass is 330 g/mol. The number of tetrazole rings is 1. The van der Waals surface area contributed by atoms with E-state index in [9.17, 15) is 4.39 Å². The Kier molecular flexibility index (Phi) is 4.57. The Morgan fingerprint density at radius 3 is 2.70 bits per heavy atom. The molecule has 3 rings (SSSR count). The highest BCUT2D eigenvalue weighted by molar-refractivity contribution is 7.98. The predicted octanol–water partition coefficient (Wildman–Crippen LogP) is 3.41. The van der Waals surface area contributed by atoms with E-state index in [4.69, 9.17) is 4.74 Å². The molecule has 0 atom stereocenters. The Balaban J connectivity index is 1.81. The third-order valence-electron chi connectivity index (χ3n) is 3.32. The minimum absolute atomic E-state index is 0.292. The van der Waals surface area contributed by atoms with Crippen molar-refractivity contribution in [1.29, 1.82) is 0 Å². The van der Waals surface area contributed by atoms with Gasteiger partial charge in [-0.25, -0.2) is 4.39 Å². The van der Waals surface area contributed by atoms with E-state index >= 15 is 0 Å². The number of hydrogen-bond donors (Lipinski definition) is 0. The van der Waals surface area contributed by atoms with Gasteiger partial charge in [0.25, 0.3) is 0 Å². The molecule has 5 nitrogen and oxygen atoms in total. The first-order chi connectivity index (χ1) is 11.2. The second kappa shape index (κ2) is 6.78. The molecule has 2 aromatic carbocycles. The summed E-state index contributed by atoms with van der Waals surface area (Å²) in [4.78, 5) is 0. The van der Waals surface area contributed by atoms with Crippen LogP contribution in [0, 0.1) is 12.7 Å². The fourth-order valence-corrected chi connectivity index (χ4v) is 2.99. The van der Waals surface area contributed by atoms with Crippen molar-refractivity contribution >= 4 is 11.8 Å². The van der Waals surface area contributed by atoms with Gasteiger partial charge < -0.3 is 4.74 Å². The number of aryl methyl sites for hydroxylation is 1. The maximum Gasteiger partial charge on any atom is 0.214 e. The largest absolute Gasteiger partial charge is 0.496 e. The summed E-state index contributed by atoms with van der Waals surface area (Å²) < 4.78 is 20.3. The fraction of sp³-hybridized carbons (Fsp3) is 0.188. The van der Waals surface area contributed by atoms with Gasteiger partial charge in [-0.3, -0.25) is 0 Å². The number of aromatic nitrogens is 4. The normalized spacial score (nSPS) is 10.7. The first kappa shape index (κ1) is 15.5. The lowest BCUT2D eigenvalue weighted by molar-refractivity contribution is 0.410. The third kappa shape index (κ3) is 3.50. The van der Waals surface area contributed by atoms with Gasteiger partial charge in [0.05, 0.1) is 12.8 Å². The molecule has 0 radical (unpaired) electrons. The van der Waals surface area contributed by atoms with Crippen molar-refractivity contribution in [1.82, 2.24) is 20.2 Å². The van der Waals surface area contributed by atoms with Gasteiger partial charge in [-0.05, 0) is 47.7 Å². The Labute approximate surface area is 137 Å². The van der Waals surface area contributed by atoms with Crippen molar-refractivity contribution in [2.45, 2.75) is 17.8 Å². The van der Waals surface area contributed by atoms with Crippen LogP contribution in [0.25, 0.3) is 5.69 Å². The van der Waals surface area contributed by atoms with Gasteiger partial charge in [-0.15, -0.1) is 5.10 Å². The summed E-state index contributed by atoms with van der Waals surface area (Å²) in [5.41, 5.74) is 2.81. The molecular weight excluding hydrogens is 315 g/mol. The van der Waals surface area contributed by atoms with Gasteiger partial charge in [-0.2, -0.15) is 4.68 Å². The quantitative estimate of drug-likeness (QED) is 0.671. The van der Waals surface area contributed by atoms with Crippen LogP contribution in [0.5, 0.6) is 5.75 Å². The van der Waals surface area contributed by atoms with Crippen LogP contribution < -0.4 is 4.74 Å². The van der Waals surface area contributed by atoms with Crippen LogP contribution in [0.1, 0.15) is 11.1 Å². The molecule has 118 valence electrons. The molecule has 23 heavy (non-hydrogen) atoms. The molecule has 0 aliphatic rings. The summed E-state index contributed by atoms with van der Waals surface area (Å²) in [6, 6.07) is 12.4. The Bertz CT molecular complexity index is 804. The van der Waals surface area contributed by atoms with Crippen molar-refractivity contribution in [2.75, 3.05) is 7.11 Å². The maximum atomic E-state index is 13.4. The topological polar surface area (TPSA) is 52.8 Å². The van der Waals surface area contributed by atoms with Crippen LogP contribution in [0.15, 0.2) is 47.6 Å². The smallest absolute Gasteiger partial charge is 0.214 e. The number of hydrogen-bond acceptors (Lipinski definition) is 5. The maximum absolute atomic E-state index is 13.4. The molecule has 7 heteroatoms. The third-order valence-corrected chi connectivity index (χ3v) is 4.29. The van der Waals surface area contributed by atoms with Gasteiger partial charge in [0.2, 0.25) is 5.16 Å². The second-order valence-electron chi connectivity index (χ2n) is 4.95. The van der Waals surface area contributed by atoms with Crippen molar-refractivity contribution in [3.8, 4) is 11.4 Å². The average Bonchev–Trinajstić information content (AvgIpc) is 3.02. The van der Waals surface area contributed by atoms with E-state index in [0.717, 1.165) is 11.3 Å². The standard InChI is InChI=1S/C16H15FN4OS/c1-11-3-6-14(7-4-11)21-16(18-19-20-21)23-10-12-9-13(17)5-8-15(12)22-2/h3-9H,10H2,1-2H3. The average molecular weight is 330 g/mol. The van der Waals surface area contributed by atoms with Crippen molar-refractivity contribution < 1.29 is 9.13 Å². The number of methoxy groups -OCH3 is 1. The molecular formula is C16H15FN4OS. The number of halogens is 1. The minimum Gasteiger partial charge on any atom is -0.496 e. The first-order valence-corrected chi connectivity index (χ1v) is 7.96. The molecule has 0 N–H and O–H groups in total. The zero-order valence-electron chi connectivity index (χ0n) is 12.7. The molecule has 0 saturated carbocycles. The van der Waals surface area contributed by atoms with Gasteiger partial charge >= 0.3 is 0 Å². The van der Waals surface area contributed by atoms with Gasteiger partial charge in [0.15, 0.2) is 0 Å². The molecule has 0 aliphatic carbocycles. The number of nitrogens with zero attached hydrogens (tertiary/aromatic N) is 4. The number of ether oxygens (including phenoxy) is 1. The molecule has 1 aromatic heterocycles. The van der Waals surface area contributed by atoms with E-state index in [0.29, 0.717) is 16.7 Å². The summed E-state index contributed by atoms with van der Waals surface area (Å²) in [5, 5.41) is 12.4. The first-order valence-electron chi connectivity index (χ1n) is 6.98. The Morgan fingerprint density at radius 1 is 1.17 bits per heavy atom. The van der Waals surface area contributed by atoms with Crippen LogP contribution in [0.4, 0.5) is 4.39 Å². The van der Waals surface area contributed by atoms with Crippen molar-refractivity contribution in [3.63, 3.8) is 0 Å². The van der Waals surface area contributed by atoms with E-state index in [1.807, 2.05) is 31.2 Å². The van der Waals surface area contributed by atoms with E-state index in [1.54, 1.807) is 17.9 Å². The Morgan fingerprint density at radius 2 is 1.96 bits per heavy atom. The van der Waals surface area contributed by atoms with E-state index in [2.05, 4.69) is 15.5 Å². The predicted molar refractivity (Wildman–Crippen MR) is 86.4 cm³/mol. The summed E-state index contributed by atoms with van der Waals surface area (Å²) >= 11 is 1.42. The SMILES string of the molecule is COc1ccc(F)cc1CSc1nnnn1-c1ccc(C)cc1. The van der Waals surface area contributed by atoms with Crippen molar-refractivity contribution in [2.24, 2.45) is 0 Å². The molecule has 1 heterocycles. The molecule has 3 aromatic rings. The zero-order chi connectivity index (χ0) is 16.2. The Hall–Kier alpha value is -2.41. The molecule has 0 aliphatic heterocycles. The van der Waals surface area contributed by atoms with E-state index in [1.165, 1.54) is 29.5 Å². The molecule has 0 fully saturated rings. The lowest BCUT2D eigenvalue weighted by Gasteiger charge is -2.08. The van der Waals surface area contributed by atoms with Crippen LogP contribution in [0.3, 0.4) is 0 Å². The van der Waals surface area contributed by atoms with E-state index in [-0.39, 0.29) is 5.82 Å². The summed E-state index contributed by atoms with van der Waals surface area (Å²) in [7, 11) is 1.57. The van der Waals surface area contributed by atoms with Crippen LogP contribution in [-0.4, -0.2) is 27.3 Å². The van der Waals surface area contributed by atoms with E-state index < -0.39 is 0 Å². The molecule has 0 unspecified atom stereocenters. The highest BCUT2D eigenvalue weighted by Gasteiger charge is 2.11. The number of rotatable bonds is 5. The molecule has 0 spiro atoms. The van der Waals surface area contributed by atoms with Gasteiger partial charge in [-0.1, -0.05) is 29.5 Å². The number of thioether (sulfide) groups is 1. The summed E-state index contributed by atoms with van der Waals surface area (Å²) in [6.45, 7) is 2.02. The van der Waals surface area contributed by atoms with Crippen LogP contribution >= 0.6 is 11.8 Å². The fourth-order valence-electron chi connectivity index (χ4n) is 2.12. The lowest BCUT2D eigenvalue weighted by atomic mass is 10.2. The molecule has 0 saturated heterocycles. The summed E-state index contributed by atoms with van der Waals surface area (Å²) in [6.07, 6.45) is 0. The zero-order valence-corrected chi connectivity index (χ0v) is 13.5. The van der Waals surface area contributed by atoms with Gasteiger partial charge in [0.1, 0.15) is 11.6 Å². The highest BCUT2D eigenvalue weighted by Crippen LogP contribution is 2.28. The minimum atomic E-state index is -0.292. The number of benzene rings is 2. The summed E-state index contributed by atoms with van der Waals surface area (Å²) in [5.74, 6) is 0.862. The van der Waals surface area contributed by atoms with Crippen LogP contribution in [0.2, 0.25) is 0 Å². The molecule has 0 bridgehead atoms. The molecule has 0 amide bonds. The van der Waals surface area contributed by atoms with Gasteiger partial charge in [0, 0.05) is 11.3 Å². The second-order valence-corrected chi connectivity index (χ2v) is 5.90. The van der Waals surface area contributed by atoms with Crippen molar-refractivity contribution in [3.05, 3.63) is 59.4 Å². The van der Waals surface area contributed by atoms with Crippen LogP contribution in [-0.2, 0) is 5.75 Å². The highest BCUT2D eigenvalue weighted by atomic mass is 32.2. The lowest BCUT2D eigenvalue weighted by Crippen LogP contribution is -1.99.